The van der Waals surface area contributed by atoms with Gasteiger partial charge in [-0.05, 0) is 36.3 Å². The van der Waals surface area contributed by atoms with Crippen molar-refractivity contribution in [3.63, 3.8) is 0 Å². The summed E-state index contributed by atoms with van der Waals surface area (Å²) in [7, 11) is 0. The number of nitrogens with one attached hydrogen (secondary N) is 1. The molecule has 0 amide bonds. The Morgan fingerprint density at radius 1 is 1.16 bits per heavy atom. The van der Waals surface area contributed by atoms with Crippen LogP contribution < -0.4 is 5.32 Å². The summed E-state index contributed by atoms with van der Waals surface area (Å²) >= 11 is 0. The van der Waals surface area contributed by atoms with Gasteiger partial charge in [-0.1, -0.05) is 51.0 Å². The van der Waals surface area contributed by atoms with Crippen LogP contribution >= 0.6 is 0 Å². The van der Waals surface area contributed by atoms with Crippen molar-refractivity contribution in [2.45, 2.75) is 58.1 Å². The van der Waals surface area contributed by atoms with Crippen molar-refractivity contribution < 1.29 is 5.11 Å². The van der Waals surface area contributed by atoms with E-state index in [1.807, 2.05) is 0 Å². The summed E-state index contributed by atoms with van der Waals surface area (Å²) in [4.78, 5) is 0. The van der Waals surface area contributed by atoms with Gasteiger partial charge < -0.3 is 10.4 Å². The number of aliphatic hydroxyl groups excluding tert-OH is 1. The molecular weight excluding hydrogens is 234 g/mol. The van der Waals surface area contributed by atoms with E-state index >= 15 is 0 Å². The molecule has 1 aliphatic rings. The second kappa shape index (κ2) is 7.06. The van der Waals surface area contributed by atoms with Crippen molar-refractivity contribution >= 4 is 0 Å². The molecule has 2 heteroatoms. The zero-order chi connectivity index (χ0) is 13.7. The first-order valence-electron chi connectivity index (χ1n) is 7.65. The van der Waals surface area contributed by atoms with Crippen LogP contribution in [0.25, 0.3) is 0 Å². The molecule has 0 radical (unpaired) electrons. The summed E-state index contributed by atoms with van der Waals surface area (Å²) in [5.41, 5.74) is 2.38. The zero-order valence-corrected chi connectivity index (χ0v) is 12.2. The van der Waals surface area contributed by atoms with Crippen LogP contribution in [0.15, 0.2) is 24.3 Å². The maximum absolute atomic E-state index is 10.2. The van der Waals surface area contributed by atoms with Gasteiger partial charge in [0, 0.05) is 12.6 Å². The topological polar surface area (TPSA) is 32.3 Å². The fourth-order valence-corrected chi connectivity index (χ4v) is 2.87. The quantitative estimate of drug-likeness (QED) is 0.822. The van der Waals surface area contributed by atoms with Crippen molar-refractivity contribution in [2.24, 2.45) is 5.92 Å². The van der Waals surface area contributed by atoms with Crippen LogP contribution in [-0.4, -0.2) is 17.7 Å². The predicted molar refractivity (Wildman–Crippen MR) is 80.2 cm³/mol. The zero-order valence-electron chi connectivity index (χ0n) is 12.2. The van der Waals surface area contributed by atoms with Crippen LogP contribution in [0.4, 0.5) is 0 Å². The summed E-state index contributed by atoms with van der Waals surface area (Å²) in [6.45, 7) is 5.14. The lowest BCUT2D eigenvalue weighted by atomic mass is 10.00. The van der Waals surface area contributed by atoms with Gasteiger partial charge in [0.2, 0.25) is 0 Å². The molecule has 2 N–H and O–H groups in total. The Bertz CT molecular complexity index is 365. The molecule has 0 bridgehead atoms. The second-order valence-corrected chi connectivity index (χ2v) is 6.24. The highest BCUT2D eigenvalue weighted by molar-refractivity contribution is 5.24. The van der Waals surface area contributed by atoms with E-state index in [0.29, 0.717) is 18.5 Å². The molecule has 2 nitrogen and oxygen atoms in total. The molecule has 0 saturated heterocycles. The predicted octanol–water partition coefficient (Wildman–Crippen LogP) is 3.45. The van der Waals surface area contributed by atoms with Crippen molar-refractivity contribution in [1.29, 1.82) is 0 Å². The van der Waals surface area contributed by atoms with Gasteiger partial charge in [0.15, 0.2) is 0 Å². The molecule has 0 aromatic heterocycles. The molecule has 1 aromatic rings. The number of hydrogen-bond acceptors (Lipinski definition) is 2. The van der Waals surface area contributed by atoms with Crippen LogP contribution in [0, 0.1) is 5.92 Å². The Morgan fingerprint density at radius 3 is 2.37 bits per heavy atom. The van der Waals surface area contributed by atoms with Crippen molar-refractivity contribution in [3.8, 4) is 0 Å². The van der Waals surface area contributed by atoms with Gasteiger partial charge in [-0.15, -0.1) is 0 Å². The second-order valence-electron chi connectivity index (χ2n) is 6.24. The van der Waals surface area contributed by atoms with E-state index in [2.05, 4.69) is 43.4 Å². The van der Waals surface area contributed by atoms with Crippen LogP contribution in [0.5, 0.6) is 0 Å². The SMILES string of the molecule is CC(C)Cc1ccc(C(O)CNC2CCCC2)cc1. The van der Waals surface area contributed by atoms with Crippen molar-refractivity contribution in [3.05, 3.63) is 35.4 Å². The highest BCUT2D eigenvalue weighted by atomic mass is 16.3. The van der Waals surface area contributed by atoms with Gasteiger partial charge >= 0.3 is 0 Å². The number of aliphatic hydroxyl groups is 1. The number of benzene rings is 1. The average molecular weight is 261 g/mol. The highest BCUT2D eigenvalue weighted by Gasteiger charge is 2.16. The largest absolute Gasteiger partial charge is 0.387 e. The fraction of sp³-hybridized carbons (Fsp3) is 0.647. The highest BCUT2D eigenvalue weighted by Crippen LogP contribution is 2.19. The van der Waals surface area contributed by atoms with Crippen LogP contribution in [0.3, 0.4) is 0 Å². The van der Waals surface area contributed by atoms with E-state index in [-0.39, 0.29) is 6.10 Å². The normalized spacial score (nSPS) is 18.1. The lowest BCUT2D eigenvalue weighted by molar-refractivity contribution is 0.170. The summed E-state index contributed by atoms with van der Waals surface area (Å²) in [6.07, 6.45) is 5.92. The molecule has 0 heterocycles. The van der Waals surface area contributed by atoms with E-state index in [4.69, 9.17) is 0 Å². The van der Waals surface area contributed by atoms with Crippen LogP contribution in [-0.2, 0) is 6.42 Å². The third-order valence-electron chi connectivity index (χ3n) is 3.96. The minimum Gasteiger partial charge on any atom is -0.387 e. The van der Waals surface area contributed by atoms with Crippen molar-refractivity contribution in [2.75, 3.05) is 6.54 Å². The third kappa shape index (κ3) is 4.63. The maximum atomic E-state index is 10.2. The number of hydrogen-bond donors (Lipinski definition) is 2. The maximum Gasteiger partial charge on any atom is 0.0914 e. The van der Waals surface area contributed by atoms with Gasteiger partial charge in [0.1, 0.15) is 0 Å². The van der Waals surface area contributed by atoms with E-state index in [1.54, 1.807) is 0 Å². The summed E-state index contributed by atoms with van der Waals surface area (Å²) < 4.78 is 0. The Hall–Kier alpha value is -0.860. The molecule has 19 heavy (non-hydrogen) atoms. The average Bonchev–Trinajstić information content (AvgIpc) is 2.89. The summed E-state index contributed by atoms with van der Waals surface area (Å²) in [6, 6.07) is 9.05. The standard InChI is InChI=1S/C17H27NO/c1-13(2)11-14-7-9-15(10-8-14)17(19)12-18-16-5-3-4-6-16/h7-10,13,16-19H,3-6,11-12H2,1-2H3. The van der Waals surface area contributed by atoms with Gasteiger partial charge in [-0.2, -0.15) is 0 Å². The minimum atomic E-state index is -0.381. The van der Waals surface area contributed by atoms with E-state index < -0.39 is 0 Å². The first-order chi connectivity index (χ1) is 9.15. The Morgan fingerprint density at radius 2 is 1.79 bits per heavy atom. The van der Waals surface area contributed by atoms with Crippen LogP contribution in [0.2, 0.25) is 0 Å². The van der Waals surface area contributed by atoms with Gasteiger partial charge in [0.25, 0.3) is 0 Å². The van der Waals surface area contributed by atoms with E-state index in [9.17, 15) is 5.11 Å². The fourth-order valence-electron chi connectivity index (χ4n) is 2.87. The Labute approximate surface area is 117 Å². The Balaban J connectivity index is 1.82. The first kappa shape index (κ1) is 14.5. The molecule has 0 spiro atoms. The lowest BCUT2D eigenvalue weighted by Gasteiger charge is -2.17. The molecular formula is C17H27NO. The molecule has 1 saturated carbocycles. The van der Waals surface area contributed by atoms with Gasteiger partial charge in [-0.25, -0.2) is 0 Å². The van der Waals surface area contributed by atoms with E-state index in [0.717, 1.165) is 12.0 Å². The lowest BCUT2D eigenvalue weighted by Crippen LogP contribution is -2.30. The molecule has 2 rings (SSSR count). The first-order valence-corrected chi connectivity index (χ1v) is 7.65. The smallest absolute Gasteiger partial charge is 0.0914 e. The Kier molecular flexibility index (Phi) is 5.41. The molecule has 106 valence electrons. The molecule has 1 aliphatic carbocycles. The molecule has 1 atom stereocenters. The molecule has 1 aromatic carbocycles. The van der Waals surface area contributed by atoms with Gasteiger partial charge in [0.05, 0.1) is 6.10 Å². The van der Waals surface area contributed by atoms with Crippen LogP contribution in [0.1, 0.15) is 56.8 Å². The summed E-state index contributed by atoms with van der Waals surface area (Å²) in [5.74, 6) is 0.680. The number of rotatable bonds is 6. The minimum absolute atomic E-state index is 0.381. The molecule has 1 unspecified atom stereocenters. The van der Waals surface area contributed by atoms with Crippen molar-refractivity contribution in [1.82, 2.24) is 5.32 Å². The molecule has 1 fully saturated rings. The molecule has 0 aliphatic heterocycles. The third-order valence-corrected chi connectivity index (χ3v) is 3.96. The monoisotopic (exact) mass is 261 g/mol. The van der Waals surface area contributed by atoms with E-state index in [1.165, 1.54) is 31.2 Å². The summed E-state index contributed by atoms with van der Waals surface area (Å²) in [5, 5.41) is 13.7. The van der Waals surface area contributed by atoms with Gasteiger partial charge in [-0.3, -0.25) is 0 Å².